The number of hydrogen-bond donors (Lipinski definition) is 3. The fourth-order valence-electron chi connectivity index (χ4n) is 1.52. The molecule has 20 heavy (non-hydrogen) atoms. The van der Waals surface area contributed by atoms with Crippen molar-refractivity contribution >= 4 is 17.4 Å². The van der Waals surface area contributed by atoms with Crippen LogP contribution in [-0.2, 0) is 4.79 Å². The number of ether oxygens (including phenoxy) is 1. The highest BCUT2D eigenvalue weighted by atomic mass is 16.5. The summed E-state index contributed by atoms with van der Waals surface area (Å²) in [6, 6.07) is 3.34. The number of nitrogens with one attached hydrogen (secondary N) is 1. The Balaban J connectivity index is 2.84. The van der Waals surface area contributed by atoms with Crippen molar-refractivity contribution in [1.29, 1.82) is 0 Å². The first-order valence-corrected chi connectivity index (χ1v) is 6.36. The Morgan fingerprint density at radius 3 is 2.70 bits per heavy atom. The molecule has 0 fully saturated rings. The highest BCUT2D eigenvalue weighted by Crippen LogP contribution is 2.24. The van der Waals surface area contributed by atoms with Crippen LogP contribution in [0, 0.1) is 5.41 Å². The van der Waals surface area contributed by atoms with Crippen molar-refractivity contribution in [3.05, 3.63) is 18.3 Å². The predicted octanol–water partition coefficient (Wildman–Crippen LogP) is 1.58. The van der Waals surface area contributed by atoms with Crippen LogP contribution in [0.2, 0.25) is 0 Å². The van der Waals surface area contributed by atoms with Crippen LogP contribution in [0.25, 0.3) is 0 Å². The van der Waals surface area contributed by atoms with Gasteiger partial charge in [-0.2, -0.15) is 0 Å². The molecule has 0 saturated carbocycles. The number of amides is 1. The van der Waals surface area contributed by atoms with E-state index in [4.69, 9.17) is 15.7 Å². The number of oxime groups is 1. The Kier molecular flexibility index (Phi) is 5.31. The third-order valence-corrected chi connectivity index (χ3v) is 3.17. The molecular weight excluding hydrogens is 260 g/mol. The topological polar surface area (TPSA) is 110 Å². The van der Waals surface area contributed by atoms with Gasteiger partial charge in [-0.1, -0.05) is 12.1 Å². The van der Waals surface area contributed by atoms with Gasteiger partial charge in [-0.25, -0.2) is 4.98 Å². The molecule has 1 rings (SSSR count). The van der Waals surface area contributed by atoms with Gasteiger partial charge in [0.25, 0.3) is 0 Å². The van der Waals surface area contributed by atoms with Gasteiger partial charge in [0.2, 0.25) is 11.8 Å². The number of anilines is 1. The van der Waals surface area contributed by atoms with Crippen LogP contribution >= 0.6 is 0 Å². The van der Waals surface area contributed by atoms with Gasteiger partial charge >= 0.3 is 0 Å². The maximum Gasteiger partial charge on any atom is 0.238 e. The molecular formula is C13H20N4O3. The monoisotopic (exact) mass is 280 g/mol. The minimum absolute atomic E-state index is 0.128. The molecule has 1 aromatic rings. The van der Waals surface area contributed by atoms with Crippen LogP contribution in [0.5, 0.6) is 5.88 Å². The van der Waals surface area contributed by atoms with Gasteiger partial charge in [-0.3, -0.25) is 4.79 Å². The van der Waals surface area contributed by atoms with Crippen molar-refractivity contribution in [3.8, 4) is 5.88 Å². The molecule has 4 N–H and O–H groups in total. The van der Waals surface area contributed by atoms with Crippen LogP contribution in [0.3, 0.4) is 0 Å². The Hall–Kier alpha value is -2.31. The molecule has 0 radical (unpaired) electrons. The number of hydrogen-bond acceptors (Lipinski definition) is 5. The van der Waals surface area contributed by atoms with E-state index in [2.05, 4.69) is 15.5 Å². The van der Waals surface area contributed by atoms with Gasteiger partial charge in [-0.15, -0.1) is 0 Å². The average Bonchev–Trinajstić information content (AvgIpc) is 2.47. The second-order valence-electron chi connectivity index (χ2n) is 4.44. The number of carbonyl (C=O) groups excluding carboxylic acids is 1. The lowest BCUT2D eigenvalue weighted by Gasteiger charge is -2.25. The summed E-state index contributed by atoms with van der Waals surface area (Å²) in [5.74, 6) is -0.00200. The van der Waals surface area contributed by atoms with Crippen molar-refractivity contribution in [2.45, 2.75) is 27.2 Å². The molecule has 7 nitrogen and oxygen atoms in total. The predicted molar refractivity (Wildman–Crippen MR) is 75.8 cm³/mol. The van der Waals surface area contributed by atoms with Gasteiger partial charge in [0.05, 0.1) is 18.5 Å². The number of amidine groups is 1. The first-order chi connectivity index (χ1) is 9.47. The van der Waals surface area contributed by atoms with Crippen molar-refractivity contribution in [3.63, 3.8) is 0 Å². The zero-order valence-corrected chi connectivity index (χ0v) is 11.9. The summed E-state index contributed by atoms with van der Waals surface area (Å²) < 4.78 is 5.21. The first kappa shape index (κ1) is 15.7. The number of aromatic nitrogens is 1. The van der Waals surface area contributed by atoms with E-state index in [1.807, 2.05) is 6.92 Å². The molecule has 1 atom stereocenters. The molecule has 0 bridgehead atoms. The average molecular weight is 280 g/mol. The normalized spacial score (nSPS) is 14.4. The van der Waals surface area contributed by atoms with E-state index in [0.717, 1.165) is 0 Å². The Labute approximate surface area is 117 Å². The van der Waals surface area contributed by atoms with Gasteiger partial charge in [0.1, 0.15) is 5.41 Å². The lowest BCUT2D eigenvalue weighted by molar-refractivity contribution is -0.121. The number of carbonyl (C=O) groups is 1. The third kappa shape index (κ3) is 3.37. The van der Waals surface area contributed by atoms with E-state index in [-0.39, 0.29) is 11.7 Å². The molecule has 0 saturated heterocycles. The zero-order valence-electron chi connectivity index (χ0n) is 11.9. The summed E-state index contributed by atoms with van der Waals surface area (Å²) in [5, 5.41) is 14.4. The van der Waals surface area contributed by atoms with Gasteiger partial charge in [-0.05, 0) is 26.3 Å². The lowest BCUT2D eigenvalue weighted by Crippen LogP contribution is -2.44. The molecule has 0 spiro atoms. The smallest absolute Gasteiger partial charge is 0.238 e. The Bertz CT molecular complexity index is 487. The Morgan fingerprint density at radius 1 is 1.55 bits per heavy atom. The van der Waals surface area contributed by atoms with Gasteiger partial charge in [0, 0.05) is 6.07 Å². The van der Waals surface area contributed by atoms with E-state index in [1.54, 1.807) is 26.0 Å². The van der Waals surface area contributed by atoms with Crippen LogP contribution in [0.15, 0.2) is 23.5 Å². The van der Waals surface area contributed by atoms with Crippen LogP contribution in [0.1, 0.15) is 27.2 Å². The fourth-order valence-corrected chi connectivity index (χ4v) is 1.52. The van der Waals surface area contributed by atoms with Crippen molar-refractivity contribution in [2.75, 3.05) is 11.9 Å². The summed E-state index contributed by atoms with van der Waals surface area (Å²) in [6.45, 7) is 5.78. The van der Waals surface area contributed by atoms with E-state index in [0.29, 0.717) is 24.6 Å². The second kappa shape index (κ2) is 6.74. The minimum atomic E-state index is -1.08. The summed E-state index contributed by atoms with van der Waals surface area (Å²) in [7, 11) is 0. The molecule has 0 aliphatic heterocycles. The van der Waals surface area contributed by atoms with Crippen molar-refractivity contribution < 1.29 is 14.7 Å². The Morgan fingerprint density at radius 2 is 2.25 bits per heavy atom. The van der Waals surface area contributed by atoms with E-state index >= 15 is 0 Å². The molecule has 0 aromatic carbocycles. The van der Waals surface area contributed by atoms with E-state index < -0.39 is 5.41 Å². The molecule has 0 aliphatic rings. The minimum Gasteiger partial charge on any atom is -0.478 e. The van der Waals surface area contributed by atoms with Crippen molar-refractivity contribution in [1.82, 2.24) is 4.98 Å². The molecule has 1 heterocycles. The van der Waals surface area contributed by atoms with Crippen molar-refractivity contribution in [2.24, 2.45) is 16.3 Å². The third-order valence-electron chi connectivity index (χ3n) is 3.17. The molecule has 1 amide bonds. The van der Waals surface area contributed by atoms with Gasteiger partial charge in [0.15, 0.2) is 5.84 Å². The van der Waals surface area contributed by atoms with Crippen LogP contribution in [-0.4, -0.2) is 28.5 Å². The standard InChI is InChI=1S/C13H20N4O3/c1-4-13(3,11(14)17-19)12(18)16-9-6-7-10(15-8-9)20-5-2/h6-8,19H,4-5H2,1-3H3,(H2,14,17)(H,16,18). The maximum absolute atomic E-state index is 12.2. The van der Waals surface area contributed by atoms with Crippen LogP contribution in [0.4, 0.5) is 5.69 Å². The molecule has 1 aromatic heterocycles. The molecule has 0 aliphatic carbocycles. The second-order valence-corrected chi connectivity index (χ2v) is 4.44. The molecule has 7 heteroatoms. The quantitative estimate of drug-likeness (QED) is 0.317. The molecule has 110 valence electrons. The molecule has 1 unspecified atom stereocenters. The highest BCUT2D eigenvalue weighted by molar-refractivity contribution is 6.11. The SMILES string of the molecule is CCOc1ccc(NC(=O)C(C)(CC)/C(N)=N/O)cn1. The van der Waals surface area contributed by atoms with E-state index in [1.165, 1.54) is 6.20 Å². The fraction of sp³-hybridized carbons (Fsp3) is 0.462. The number of nitrogens with two attached hydrogens (primary N) is 1. The maximum atomic E-state index is 12.2. The summed E-state index contributed by atoms with van der Waals surface area (Å²) >= 11 is 0. The van der Waals surface area contributed by atoms with Gasteiger partial charge < -0.3 is 21.0 Å². The first-order valence-electron chi connectivity index (χ1n) is 6.36. The lowest BCUT2D eigenvalue weighted by atomic mass is 9.85. The summed E-state index contributed by atoms with van der Waals surface area (Å²) in [4.78, 5) is 16.3. The number of nitrogens with zero attached hydrogens (tertiary/aromatic N) is 2. The van der Waals surface area contributed by atoms with E-state index in [9.17, 15) is 4.79 Å². The summed E-state index contributed by atoms with van der Waals surface area (Å²) in [6.07, 6.45) is 1.89. The zero-order chi connectivity index (χ0) is 15.2. The number of pyridine rings is 1. The highest BCUT2D eigenvalue weighted by Gasteiger charge is 2.36. The van der Waals surface area contributed by atoms with Crippen LogP contribution < -0.4 is 15.8 Å². The number of rotatable bonds is 6. The summed E-state index contributed by atoms with van der Waals surface area (Å²) in [5.41, 5.74) is 5.03. The largest absolute Gasteiger partial charge is 0.478 e.